The summed E-state index contributed by atoms with van der Waals surface area (Å²) in [5.74, 6) is 0.206. The number of hydrogen-bond acceptors (Lipinski definition) is 2. The van der Waals surface area contributed by atoms with Crippen molar-refractivity contribution >= 4 is 5.78 Å². The summed E-state index contributed by atoms with van der Waals surface area (Å²) in [6.07, 6.45) is 1.46. The fourth-order valence-corrected chi connectivity index (χ4v) is 4.10. The Morgan fingerprint density at radius 3 is 1.97 bits per heavy atom. The Hall–Kier alpha value is -3.43. The first-order valence-electron chi connectivity index (χ1n) is 11.2. The van der Waals surface area contributed by atoms with Crippen LogP contribution in [-0.4, -0.2) is 35.9 Å². The summed E-state index contributed by atoms with van der Waals surface area (Å²) in [6, 6.07) is 31.3. The van der Waals surface area contributed by atoms with Crippen LogP contribution in [0.1, 0.15) is 28.8 Å². The van der Waals surface area contributed by atoms with Crippen molar-refractivity contribution in [3.05, 3.63) is 102 Å². The second-order valence-corrected chi connectivity index (χ2v) is 8.50. The summed E-state index contributed by atoms with van der Waals surface area (Å²) < 4.78 is 2.32. The molecule has 0 N–H and O–H groups in total. The molecule has 162 valence electrons. The summed E-state index contributed by atoms with van der Waals surface area (Å²) in [4.78, 5) is 14.7. The van der Waals surface area contributed by atoms with Crippen molar-refractivity contribution in [2.75, 3.05) is 20.6 Å². The Kier molecular flexibility index (Phi) is 6.67. The molecule has 32 heavy (non-hydrogen) atoms. The van der Waals surface area contributed by atoms with Gasteiger partial charge in [-0.25, -0.2) is 0 Å². The van der Waals surface area contributed by atoms with E-state index in [1.807, 2.05) is 32.3 Å². The molecule has 0 saturated heterocycles. The van der Waals surface area contributed by atoms with Crippen molar-refractivity contribution in [1.82, 2.24) is 9.47 Å². The molecule has 0 aliphatic heterocycles. The molecule has 3 heteroatoms. The third kappa shape index (κ3) is 4.74. The third-order valence-electron chi connectivity index (χ3n) is 5.82. The number of carbonyl (C=O) groups is 1. The van der Waals surface area contributed by atoms with Gasteiger partial charge < -0.3 is 9.47 Å². The number of carbonyl (C=O) groups excluding carboxylic acids is 1. The quantitative estimate of drug-likeness (QED) is 0.297. The van der Waals surface area contributed by atoms with Crippen LogP contribution in [0.15, 0.2) is 91.0 Å². The van der Waals surface area contributed by atoms with Crippen molar-refractivity contribution in [2.45, 2.75) is 19.8 Å². The van der Waals surface area contributed by atoms with Crippen LogP contribution in [0.5, 0.6) is 0 Å². The number of aromatic nitrogens is 1. The second-order valence-electron chi connectivity index (χ2n) is 8.50. The van der Waals surface area contributed by atoms with E-state index in [1.165, 1.54) is 11.1 Å². The molecule has 0 fully saturated rings. The largest absolute Gasteiger partial charge is 0.309 e. The van der Waals surface area contributed by atoms with E-state index in [-0.39, 0.29) is 5.78 Å². The molecule has 1 heterocycles. The van der Waals surface area contributed by atoms with E-state index in [1.54, 1.807) is 0 Å². The van der Waals surface area contributed by atoms with Crippen LogP contribution < -0.4 is 0 Å². The zero-order valence-electron chi connectivity index (χ0n) is 19.1. The molecule has 4 aromatic rings. The van der Waals surface area contributed by atoms with Gasteiger partial charge in [0.1, 0.15) is 0 Å². The average molecular weight is 423 g/mol. The Balaban J connectivity index is 1.71. The first-order valence-corrected chi connectivity index (χ1v) is 11.2. The Bertz CT molecular complexity index is 1190. The van der Waals surface area contributed by atoms with Gasteiger partial charge in [0.2, 0.25) is 0 Å². The predicted octanol–water partition coefficient (Wildman–Crippen LogP) is 6.64. The van der Waals surface area contributed by atoms with Crippen LogP contribution >= 0.6 is 0 Å². The van der Waals surface area contributed by atoms with Crippen molar-refractivity contribution in [3.63, 3.8) is 0 Å². The SMILES string of the molecule is Cc1ccccc1-n1c(-c2ccccc2)ccc1-c1ccc(C(=O)CCCN(C)C)cc1. The van der Waals surface area contributed by atoms with Gasteiger partial charge in [0.15, 0.2) is 5.78 Å². The number of Topliss-reactive ketones (excluding diaryl/α,β-unsaturated/α-hetero) is 1. The van der Waals surface area contributed by atoms with Crippen molar-refractivity contribution in [3.8, 4) is 28.2 Å². The van der Waals surface area contributed by atoms with Gasteiger partial charge in [-0.1, -0.05) is 72.8 Å². The first-order chi connectivity index (χ1) is 15.5. The molecule has 0 saturated carbocycles. The maximum atomic E-state index is 12.6. The standard InChI is InChI=1S/C29H30N2O/c1-22-10-7-8-13-26(22)31-27(23-11-5-4-6-12-23)19-20-28(31)24-15-17-25(18-16-24)29(32)14-9-21-30(2)3/h4-8,10-13,15-20H,9,14,21H2,1-3H3. The highest BCUT2D eigenvalue weighted by molar-refractivity contribution is 5.96. The van der Waals surface area contributed by atoms with Gasteiger partial charge >= 0.3 is 0 Å². The van der Waals surface area contributed by atoms with Gasteiger partial charge in [-0.3, -0.25) is 4.79 Å². The maximum absolute atomic E-state index is 12.6. The molecule has 0 atom stereocenters. The van der Waals surface area contributed by atoms with Crippen LogP contribution in [-0.2, 0) is 0 Å². The highest BCUT2D eigenvalue weighted by Crippen LogP contribution is 2.33. The molecule has 0 spiro atoms. The maximum Gasteiger partial charge on any atom is 0.162 e. The van der Waals surface area contributed by atoms with E-state index < -0.39 is 0 Å². The number of aryl methyl sites for hydroxylation is 1. The highest BCUT2D eigenvalue weighted by atomic mass is 16.1. The minimum absolute atomic E-state index is 0.206. The van der Waals surface area contributed by atoms with Crippen LogP contribution in [0.4, 0.5) is 0 Å². The fourth-order valence-electron chi connectivity index (χ4n) is 4.10. The van der Waals surface area contributed by atoms with E-state index in [4.69, 9.17) is 0 Å². The molecule has 0 unspecified atom stereocenters. The van der Waals surface area contributed by atoms with Gasteiger partial charge in [0.05, 0.1) is 11.4 Å². The van der Waals surface area contributed by atoms with Crippen LogP contribution in [0.2, 0.25) is 0 Å². The van der Waals surface area contributed by atoms with Crippen LogP contribution in [0.3, 0.4) is 0 Å². The lowest BCUT2D eigenvalue weighted by Gasteiger charge is -2.17. The molecule has 0 radical (unpaired) electrons. The predicted molar refractivity (Wildman–Crippen MR) is 133 cm³/mol. The number of rotatable bonds is 8. The number of hydrogen-bond donors (Lipinski definition) is 0. The van der Waals surface area contributed by atoms with Crippen molar-refractivity contribution < 1.29 is 4.79 Å². The molecule has 4 rings (SSSR count). The van der Waals surface area contributed by atoms with E-state index in [0.29, 0.717) is 6.42 Å². The zero-order chi connectivity index (χ0) is 22.5. The second kappa shape index (κ2) is 9.80. The van der Waals surface area contributed by atoms with Gasteiger partial charge in [0.25, 0.3) is 0 Å². The van der Waals surface area contributed by atoms with E-state index >= 15 is 0 Å². The van der Waals surface area contributed by atoms with E-state index in [0.717, 1.165) is 41.2 Å². The monoisotopic (exact) mass is 422 g/mol. The lowest BCUT2D eigenvalue weighted by molar-refractivity contribution is 0.0977. The van der Waals surface area contributed by atoms with Crippen molar-refractivity contribution in [2.24, 2.45) is 0 Å². The smallest absolute Gasteiger partial charge is 0.162 e. The molecule has 0 amide bonds. The summed E-state index contributed by atoms with van der Waals surface area (Å²) >= 11 is 0. The molecule has 0 bridgehead atoms. The fraction of sp³-hybridized carbons (Fsp3) is 0.207. The topological polar surface area (TPSA) is 25.2 Å². The number of ketones is 1. The lowest BCUT2D eigenvalue weighted by atomic mass is 10.0. The molecular formula is C29H30N2O. The summed E-state index contributed by atoms with van der Waals surface area (Å²) in [5, 5.41) is 0. The van der Waals surface area contributed by atoms with Crippen molar-refractivity contribution in [1.29, 1.82) is 0 Å². The number of nitrogens with zero attached hydrogens (tertiary/aromatic N) is 2. The number of benzene rings is 3. The highest BCUT2D eigenvalue weighted by Gasteiger charge is 2.15. The van der Waals surface area contributed by atoms with E-state index in [2.05, 4.69) is 89.2 Å². The van der Waals surface area contributed by atoms with Crippen LogP contribution in [0.25, 0.3) is 28.2 Å². The van der Waals surface area contributed by atoms with E-state index in [9.17, 15) is 4.79 Å². The number of para-hydroxylation sites is 1. The lowest BCUT2D eigenvalue weighted by Crippen LogP contribution is -2.14. The normalized spacial score (nSPS) is 11.1. The molecular weight excluding hydrogens is 392 g/mol. The minimum Gasteiger partial charge on any atom is -0.309 e. The minimum atomic E-state index is 0.206. The van der Waals surface area contributed by atoms with Gasteiger partial charge in [-0.15, -0.1) is 0 Å². The molecule has 3 nitrogen and oxygen atoms in total. The molecule has 1 aromatic heterocycles. The Morgan fingerprint density at radius 1 is 0.750 bits per heavy atom. The molecule has 0 aliphatic rings. The Labute approximate surface area is 190 Å². The third-order valence-corrected chi connectivity index (χ3v) is 5.82. The van der Waals surface area contributed by atoms with Crippen LogP contribution in [0, 0.1) is 6.92 Å². The van der Waals surface area contributed by atoms with Gasteiger partial charge in [-0.2, -0.15) is 0 Å². The molecule has 3 aromatic carbocycles. The molecule has 0 aliphatic carbocycles. The first kappa shape index (κ1) is 21.8. The zero-order valence-corrected chi connectivity index (χ0v) is 19.1. The van der Waals surface area contributed by atoms with Gasteiger partial charge in [-0.05, 0) is 68.9 Å². The summed E-state index contributed by atoms with van der Waals surface area (Å²) in [7, 11) is 4.07. The average Bonchev–Trinajstić information content (AvgIpc) is 3.24. The van der Waals surface area contributed by atoms with Gasteiger partial charge in [0, 0.05) is 17.7 Å². The Morgan fingerprint density at radius 2 is 1.34 bits per heavy atom. The summed E-state index contributed by atoms with van der Waals surface area (Å²) in [6.45, 7) is 3.07. The summed E-state index contributed by atoms with van der Waals surface area (Å²) in [5.41, 5.74) is 7.70.